The van der Waals surface area contributed by atoms with Crippen molar-refractivity contribution < 1.29 is 14.4 Å². The first-order chi connectivity index (χ1) is 12.4. The van der Waals surface area contributed by atoms with Gasteiger partial charge in [-0.05, 0) is 24.5 Å². The quantitative estimate of drug-likeness (QED) is 0.834. The molecule has 0 radical (unpaired) electrons. The molecule has 4 amide bonds. The van der Waals surface area contributed by atoms with E-state index < -0.39 is 6.04 Å². The fraction of sp³-hybridized carbons (Fsp3) is 0.556. The number of nitrogens with one attached hydrogen (secondary N) is 1. The summed E-state index contributed by atoms with van der Waals surface area (Å²) in [4.78, 5) is 45.7. The fourth-order valence-corrected chi connectivity index (χ4v) is 3.43. The molecule has 1 N–H and O–H groups in total. The number of carbonyl (C=O) groups excluding carboxylic acids is 3. The lowest BCUT2D eigenvalue weighted by Crippen LogP contribution is -2.55. The summed E-state index contributed by atoms with van der Waals surface area (Å²) >= 11 is 0. The predicted molar refractivity (Wildman–Crippen MR) is 95.2 cm³/mol. The number of pyridine rings is 1. The Morgan fingerprint density at radius 3 is 2.81 bits per heavy atom. The van der Waals surface area contributed by atoms with Crippen LogP contribution < -0.4 is 5.32 Å². The van der Waals surface area contributed by atoms with Crippen LogP contribution in [0.2, 0.25) is 0 Å². The SMILES string of the molecule is CCc1ccc(CN(C)C(=O)N[C@H]2C[C@H]3C(=O)N(C)CC(=O)N3C2)nc1. The van der Waals surface area contributed by atoms with E-state index in [9.17, 15) is 14.4 Å². The highest BCUT2D eigenvalue weighted by atomic mass is 16.2. The topological polar surface area (TPSA) is 85.8 Å². The molecule has 8 heteroatoms. The molecule has 2 aliphatic rings. The number of aromatic nitrogens is 1. The highest BCUT2D eigenvalue weighted by molar-refractivity contribution is 5.95. The molecule has 2 aliphatic heterocycles. The number of hydrogen-bond donors (Lipinski definition) is 1. The molecule has 0 unspecified atom stereocenters. The van der Waals surface area contributed by atoms with Crippen molar-refractivity contribution in [2.75, 3.05) is 27.2 Å². The van der Waals surface area contributed by atoms with Gasteiger partial charge in [-0.2, -0.15) is 0 Å². The highest BCUT2D eigenvalue weighted by Gasteiger charge is 2.45. The Labute approximate surface area is 153 Å². The lowest BCUT2D eigenvalue weighted by atomic mass is 10.1. The van der Waals surface area contributed by atoms with Gasteiger partial charge in [0.05, 0.1) is 24.8 Å². The van der Waals surface area contributed by atoms with E-state index >= 15 is 0 Å². The first-order valence-electron chi connectivity index (χ1n) is 8.89. The number of piperazine rings is 1. The highest BCUT2D eigenvalue weighted by Crippen LogP contribution is 2.23. The van der Waals surface area contributed by atoms with E-state index in [2.05, 4.69) is 17.2 Å². The molecule has 0 saturated carbocycles. The summed E-state index contributed by atoms with van der Waals surface area (Å²) in [7, 11) is 3.34. The third-order valence-electron chi connectivity index (χ3n) is 5.02. The summed E-state index contributed by atoms with van der Waals surface area (Å²) in [5.41, 5.74) is 1.97. The van der Waals surface area contributed by atoms with Crippen LogP contribution in [-0.4, -0.2) is 76.8 Å². The molecule has 2 saturated heterocycles. The standard InChI is InChI=1S/C18H25N5O3/c1-4-12-5-6-13(19-8-12)9-22(3)18(26)20-14-7-15-17(25)21(2)11-16(24)23(15)10-14/h5-6,8,14-15H,4,7,9-11H2,1-3H3,(H,20,26)/t14-,15-/m0/s1. The molecule has 0 bridgehead atoms. The second-order valence-electron chi connectivity index (χ2n) is 7.01. The Morgan fingerprint density at radius 1 is 1.38 bits per heavy atom. The zero-order valence-corrected chi connectivity index (χ0v) is 15.4. The lowest BCUT2D eigenvalue weighted by molar-refractivity contribution is -0.152. The number of carbonyl (C=O) groups is 3. The molecular formula is C18H25N5O3. The van der Waals surface area contributed by atoms with Crippen LogP contribution in [0, 0.1) is 0 Å². The van der Waals surface area contributed by atoms with Crippen LogP contribution in [0.1, 0.15) is 24.6 Å². The van der Waals surface area contributed by atoms with Crippen LogP contribution in [0.5, 0.6) is 0 Å². The first kappa shape index (κ1) is 18.2. The molecule has 3 rings (SSSR count). The van der Waals surface area contributed by atoms with E-state index in [1.165, 1.54) is 4.90 Å². The maximum absolute atomic E-state index is 12.4. The van der Waals surface area contributed by atoms with Crippen molar-refractivity contribution >= 4 is 17.8 Å². The number of aryl methyl sites for hydroxylation is 1. The van der Waals surface area contributed by atoms with Crippen LogP contribution in [0.15, 0.2) is 18.3 Å². The molecule has 0 spiro atoms. The average Bonchev–Trinajstić information content (AvgIpc) is 3.05. The Morgan fingerprint density at radius 2 is 2.15 bits per heavy atom. The minimum atomic E-state index is -0.458. The Kier molecular flexibility index (Phi) is 5.11. The number of amides is 4. The summed E-state index contributed by atoms with van der Waals surface area (Å²) in [5.74, 6) is -0.127. The number of fused-ring (bicyclic) bond motifs is 1. The van der Waals surface area contributed by atoms with Crippen LogP contribution in [-0.2, 0) is 22.6 Å². The largest absolute Gasteiger partial charge is 0.335 e. The van der Waals surface area contributed by atoms with Gasteiger partial charge in [0.15, 0.2) is 0 Å². The normalized spacial score (nSPS) is 22.4. The van der Waals surface area contributed by atoms with Crippen molar-refractivity contribution in [2.24, 2.45) is 0 Å². The zero-order chi connectivity index (χ0) is 18.8. The van der Waals surface area contributed by atoms with Crippen molar-refractivity contribution in [3.8, 4) is 0 Å². The van der Waals surface area contributed by atoms with E-state index in [1.54, 1.807) is 23.9 Å². The fourth-order valence-electron chi connectivity index (χ4n) is 3.43. The van der Waals surface area contributed by atoms with Gasteiger partial charge < -0.3 is 20.0 Å². The van der Waals surface area contributed by atoms with Crippen molar-refractivity contribution in [1.82, 2.24) is 25.0 Å². The van der Waals surface area contributed by atoms with E-state index in [1.807, 2.05) is 18.3 Å². The predicted octanol–water partition coefficient (Wildman–Crippen LogP) is 0.227. The molecule has 0 aliphatic carbocycles. The van der Waals surface area contributed by atoms with Gasteiger partial charge in [0.2, 0.25) is 11.8 Å². The monoisotopic (exact) mass is 359 g/mol. The van der Waals surface area contributed by atoms with Gasteiger partial charge in [0.1, 0.15) is 6.04 Å². The van der Waals surface area contributed by atoms with E-state index in [0.29, 0.717) is 19.5 Å². The van der Waals surface area contributed by atoms with Gasteiger partial charge in [-0.25, -0.2) is 4.79 Å². The molecule has 3 heterocycles. The van der Waals surface area contributed by atoms with Crippen LogP contribution in [0.3, 0.4) is 0 Å². The number of likely N-dealkylation sites (N-methyl/N-ethyl adjacent to an activating group) is 1. The van der Waals surface area contributed by atoms with Crippen molar-refractivity contribution in [2.45, 2.75) is 38.4 Å². The smallest absolute Gasteiger partial charge is 0.317 e. The number of hydrogen-bond acceptors (Lipinski definition) is 4. The van der Waals surface area contributed by atoms with Gasteiger partial charge >= 0.3 is 6.03 Å². The molecule has 1 aromatic rings. The van der Waals surface area contributed by atoms with Crippen LogP contribution in [0.25, 0.3) is 0 Å². The Balaban J connectivity index is 1.56. The van der Waals surface area contributed by atoms with Gasteiger partial charge in [-0.1, -0.05) is 13.0 Å². The first-order valence-corrected chi connectivity index (χ1v) is 8.89. The lowest BCUT2D eigenvalue weighted by Gasteiger charge is -2.33. The number of nitrogens with zero attached hydrogens (tertiary/aromatic N) is 4. The van der Waals surface area contributed by atoms with Crippen LogP contribution >= 0.6 is 0 Å². The van der Waals surface area contributed by atoms with Gasteiger partial charge in [0, 0.05) is 26.8 Å². The van der Waals surface area contributed by atoms with Crippen LogP contribution in [0.4, 0.5) is 4.79 Å². The number of urea groups is 1. The Hall–Kier alpha value is -2.64. The third kappa shape index (κ3) is 3.63. The van der Waals surface area contributed by atoms with Gasteiger partial charge in [-0.15, -0.1) is 0 Å². The van der Waals surface area contributed by atoms with Crippen molar-refractivity contribution in [3.05, 3.63) is 29.6 Å². The molecule has 8 nitrogen and oxygen atoms in total. The average molecular weight is 359 g/mol. The molecule has 2 atom stereocenters. The summed E-state index contributed by atoms with van der Waals surface area (Å²) < 4.78 is 0. The van der Waals surface area contributed by atoms with E-state index in [0.717, 1.165) is 17.7 Å². The third-order valence-corrected chi connectivity index (χ3v) is 5.02. The van der Waals surface area contributed by atoms with E-state index in [4.69, 9.17) is 0 Å². The van der Waals surface area contributed by atoms with Gasteiger partial charge in [-0.3, -0.25) is 14.6 Å². The second-order valence-corrected chi connectivity index (χ2v) is 7.01. The van der Waals surface area contributed by atoms with Crippen molar-refractivity contribution in [1.29, 1.82) is 0 Å². The molecule has 2 fully saturated rings. The molecule has 1 aromatic heterocycles. The minimum absolute atomic E-state index is 0.0603. The molecule has 140 valence electrons. The molecule has 26 heavy (non-hydrogen) atoms. The maximum atomic E-state index is 12.4. The van der Waals surface area contributed by atoms with Gasteiger partial charge in [0.25, 0.3) is 0 Å². The van der Waals surface area contributed by atoms with E-state index in [-0.39, 0.29) is 30.4 Å². The second kappa shape index (κ2) is 7.31. The molecular weight excluding hydrogens is 334 g/mol. The minimum Gasteiger partial charge on any atom is -0.335 e. The number of rotatable bonds is 4. The summed E-state index contributed by atoms with van der Waals surface area (Å²) in [6, 6.07) is 3.02. The summed E-state index contributed by atoms with van der Waals surface area (Å²) in [6.45, 7) is 2.95. The molecule has 0 aromatic carbocycles. The zero-order valence-electron chi connectivity index (χ0n) is 15.4. The maximum Gasteiger partial charge on any atom is 0.317 e. The van der Waals surface area contributed by atoms with Crippen molar-refractivity contribution in [3.63, 3.8) is 0 Å². The summed E-state index contributed by atoms with van der Waals surface area (Å²) in [5, 5.41) is 2.93. The summed E-state index contributed by atoms with van der Waals surface area (Å²) in [6.07, 6.45) is 3.21. The Bertz CT molecular complexity index is 705.